The van der Waals surface area contributed by atoms with Crippen molar-refractivity contribution in [2.24, 2.45) is 5.92 Å². The second-order valence-corrected chi connectivity index (χ2v) is 8.48. The quantitative estimate of drug-likeness (QED) is 0.892. The third-order valence-corrected chi connectivity index (χ3v) is 6.36. The summed E-state index contributed by atoms with van der Waals surface area (Å²) in [6, 6.07) is 11.2. The number of anilines is 1. The molecule has 6 heteroatoms. The first-order valence-corrected chi connectivity index (χ1v) is 10.2. The normalized spacial score (nSPS) is 16.2. The predicted molar refractivity (Wildman–Crippen MR) is 100 cm³/mol. The summed E-state index contributed by atoms with van der Waals surface area (Å²) in [5.74, 6) is 1.36. The minimum Gasteiger partial charge on any atom is -0.357 e. The van der Waals surface area contributed by atoms with Crippen LogP contribution in [0.15, 0.2) is 47.5 Å². The van der Waals surface area contributed by atoms with Crippen molar-refractivity contribution in [1.29, 1.82) is 0 Å². The molecule has 134 valence electrons. The van der Waals surface area contributed by atoms with Gasteiger partial charge in [0.1, 0.15) is 5.82 Å². The molecule has 3 rings (SSSR count). The molecule has 0 saturated carbocycles. The molecule has 0 radical (unpaired) electrons. The van der Waals surface area contributed by atoms with Gasteiger partial charge < -0.3 is 4.90 Å². The molecule has 25 heavy (non-hydrogen) atoms. The highest BCUT2D eigenvalue weighted by atomic mass is 32.2. The summed E-state index contributed by atoms with van der Waals surface area (Å²) < 4.78 is 27.8. The topological polar surface area (TPSA) is 62.3 Å². The molecule has 0 aliphatic carbocycles. The van der Waals surface area contributed by atoms with Crippen LogP contribution in [0, 0.1) is 19.8 Å². The number of nitrogens with one attached hydrogen (secondary N) is 1. The molecule has 0 amide bonds. The Morgan fingerprint density at radius 1 is 1.12 bits per heavy atom. The Kier molecular flexibility index (Phi) is 5.39. The summed E-state index contributed by atoms with van der Waals surface area (Å²) in [5.41, 5.74) is 2.09. The number of aromatic nitrogens is 1. The molecule has 0 spiro atoms. The summed E-state index contributed by atoms with van der Waals surface area (Å²) >= 11 is 0. The Morgan fingerprint density at radius 3 is 2.52 bits per heavy atom. The van der Waals surface area contributed by atoms with Gasteiger partial charge in [-0.1, -0.05) is 12.1 Å². The van der Waals surface area contributed by atoms with Gasteiger partial charge in [-0.15, -0.1) is 0 Å². The molecule has 0 atom stereocenters. The monoisotopic (exact) mass is 359 g/mol. The maximum Gasteiger partial charge on any atom is 0.240 e. The first kappa shape index (κ1) is 17.9. The fraction of sp³-hybridized carbons (Fsp3) is 0.421. The van der Waals surface area contributed by atoms with E-state index >= 15 is 0 Å². The lowest BCUT2D eigenvalue weighted by molar-refractivity contribution is 0.400. The van der Waals surface area contributed by atoms with E-state index in [1.54, 1.807) is 18.3 Å². The Morgan fingerprint density at radius 2 is 1.88 bits per heavy atom. The largest absolute Gasteiger partial charge is 0.357 e. The molecule has 5 nitrogen and oxygen atoms in total. The van der Waals surface area contributed by atoms with E-state index < -0.39 is 10.0 Å². The lowest BCUT2D eigenvalue weighted by atomic mass is 9.97. The highest BCUT2D eigenvalue weighted by molar-refractivity contribution is 7.89. The minimum atomic E-state index is -3.44. The van der Waals surface area contributed by atoms with Crippen LogP contribution in [0.25, 0.3) is 0 Å². The first-order valence-electron chi connectivity index (χ1n) is 8.68. The molecule has 1 aliphatic heterocycles. The molecule has 1 aromatic heterocycles. The molecule has 1 fully saturated rings. The van der Waals surface area contributed by atoms with Gasteiger partial charge in [0.05, 0.1) is 4.90 Å². The van der Waals surface area contributed by atoms with E-state index in [1.165, 1.54) is 0 Å². The van der Waals surface area contributed by atoms with Gasteiger partial charge in [0.15, 0.2) is 0 Å². The molecule has 1 aliphatic rings. The summed E-state index contributed by atoms with van der Waals surface area (Å²) in [6.45, 7) is 6.22. The number of hydrogen-bond donors (Lipinski definition) is 1. The van der Waals surface area contributed by atoms with Crippen LogP contribution in [-0.2, 0) is 10.0 Å². The van der Waals surface area contributed by atoms with E-state index in [0.717, 1.165) is 42.9 Å². The summed E-state index contributed by atoms with van der Waals surface area (Å²) in [5, 5.41) is 0. The Bertz CT molecular complexity index is 814. The lowest BCUT2D eigenvalue weighted by Gasteiger charge is -2.32. The second-order valence-electron chi connectivity index (χ2n) is 6.72. The molecule has 1 saturated heterocycles. The smallest absolute Gasteiger partial charge is 0.240 e. The summed E-state index contributed by atoms with van der Waals surface area (Å²) in [4.78, 5) is 6.99. The maximum absolute atomic E-state index is 12.5. The number of aryl methyl sites for hydroxylation is 2. The van der Waals surface area contributed by atoms with Crippen LogP contribution < -0.4 is 9.62 Å². The molecule has 1 N–H and O–H groups in total. The van der Waals surface area contributed by atoms with Gasteiger partial charge in [0, 0.05) is 25.8 Å². The summed E-state index contributed by atoms with van der Waals surface area (Å²) in [6.07, 6.45) is 3.73. The van der Waals surface area contributed by atoms with Crippen molar-refractivity contribution in [3.63, 3.8) is 0 Å². The fourth-order valence-corrected chi connectivity index (χ4v) is 4.30. The van der Waals surface area contributed by atoms with Crippen LogP contribution in [0.2, 0.25) is 0 Å². The van der Waals surface area contributed by atoms with Crippen molar-refractivity contribution in [3.05, 3.63) is 53.7 Å². The zero-order valence-electron chi connectivity index (χ0n) is 14.8. The number of pyridine rings is 1. The molecule has 1 aromatic carbocycles. The van der Waals surface area contributed by atoms with Crippen molar-refractivity contribution in [2.75, 3.05) is 24.5 Å². The zero-order valence-corrected chi connectivity index (χ0v) is 15.6. The van der Waals surface area contributed by atoms with E-state index in [-0.39, 0.29) is 0 Å². The fourth-order valence-electron chi connectivity index (χ4n) is 3.10. The van der Waals surface area contributed by atoms with Gasteiger partial charge in [-0.3, -0.25) is 0 Å². The van der Waals surface area contributed by atoms with Crippen LogP contribution in [0.3, 0.4) is 0 Å². The average molecular weight is 359 g/mol. The second kappa shape index (κ2) is 7.54. The van der Waals surface area contributed by atoms with Crippen LogP contribution in [-0.4, -0.2) is 33.0 Å². The van der Waals surface area contributed by atoms with Gasteiger partial charge in [-0.05, 0) is 68.0 Å². The van der Waals surface area contributed by atoms with E-state index in [1.807, 2.05) is 38.1 Å². The van der Waals surface area contributed by atoms with Crippen LogP contribution in [0.4, 0.5) is 5.82 Å². The number of rotatable bonds is 5. The van der Waals surface area contributed by atoms with Gasteiger partial charge in [-0.25, -0.2) is 18.1 Å². The summed E-state index contributed by atoms with van der Waals surface area (Å²) in [7, 11) is -3.44. The molecular weight excluding hydrogens is 334 g/mol. The zero-order chi connectivity index (χ0) is 17.9. The highest BCUT2D eigenvalue weighted by Crippen LogP contribution is 2.22. The number of piperidine rings is 1. The Hall–Kier alpha value is -1.92. The van der Waals surface area contributed by atoms with E-state index in [0.29, 0.717) is 17.4 Å². The molecular formula is C19H25N3O2S. The highest BCUT2D eigenvalue weighted by Gasteiger charge is 2.22. The Balaban J connectivity index is 1.55. The van der Waals surface area contributed by atoms with Crippen molar-refractivity contribution < 1.29 is 8.42 Å². The van der Waals surface area contributed by atoms with Crippen molar-refractivity contribution in [1.82, 2.24) is 9.71 Å². The molecule has 0 unspecified atom stereocenters. The minimum absolute atomic E-state index is 0.349. The molecule has 0 bridgehead atoms. The van der Waals surface area contributed by atoms with Crippen LogP contribution >= 0.6 is 0 Å². The van der Waals surface area contributed by atoms with E-state index in [4.69, 9.17) is 0 Å². The third-order valence-electron chi connectivity index (χ3n) is 4.94. The number of sulfonamides is 1. The van der Waals surface area contributed by atoms with Gasteiger partial charge in [0.2, 0.25) is 10.0 Å². The van der Waals surface area contributed by atoms with Crippen molar-refractivity contribution in [3.8, 4) is 0 Å². The standard InChI is InChI=1S/C19H25N3O2S/c1-15-6-7-18(13-16(15)2)25(23,24)21-14-17-8-11-22(12-9-17)19-5-3-4-10-20-19/h3-7,10,13,17,21H,8-9,11-12,14H2,1-2H3. The van der Waals surface area contributed by atoms with Crippen LogP contribution in [0.1, 0.15) is 24.0 Å². The van der Waals surface area contributed by atoms with Gasteiger partial charge in [-0.2, -0.15) is 0 Å². The van der Waals surface area contributed by atoms with Crippen LogP contribution in [0.5, 0.6) is 0 Å². The molecule has 2 heterocycles. The number of benzene rings is 1. The average Bonchev–Trinajstić information content (AvgIpc) is 2.63. The predicted octanol–water partition coefficient (Wildman–Crippen LogP) is 2.89. The Labute approximate surface area is 150 Å². The van der Waals surface area contributed by atoms with Crippen molar-refractivity contribution in [2.45, 2.75) is 31.6 Å². The van der Waals surface area contributed by atoms with E-state index in [2.05, 4.69) is 14.6 Å². The SMILES string of the molecule is Cc1ccc(S(=O)(=O)NCC2CCN(c3ccccn3)CC2)cc1C. The van der Waals surface area contributed by atoms with E-state index in [9.17, 15) is 8.42 Å². The van der Waals surface area contributed by atoms with Gasteiger partial charge in [0.25, 0.3) is 0 Å². The van der Waals surface area contributed by atoms with Crippen molar-refractivity contribution >= 4 is 15.8 Å². The number of nitrogens with zero attached hydrogens (tertiary/aromatic N) is 2. The lowest BCUT2D eigenvalue weighted by Crippen LogP contribution is -2.39. The first-order chi connectivity index (χ1) is 12.0. The third kappa shape index (κ3) is 4.38. The van der Waals surface area contributed by atoms with Gasteiger partial charge >= 0.3 is 0 Å². The number of hydrogen-bond acceptors (Lipinski definition) is 4. The molecule has 2 aromatic rings. The maximum atomic E-state index is 12.5.